The Kier molecular flexibility index (Phi) is 9.27. The van der Waals surface area contributed by atoms with Gasteiger partial charge in [0.05, 0.1) is 12.1 Å². The van der Waals surface area contributed by atoms with Crippen LogP contribution in [-0.4, -0.2) is 74.8 Å². The van der Waals surface area contributed by atoms with Crippen LogP contribution in [0.1, 0.15) is 47.0 Å². The largest absolute Gasteiger partial charge is 0.378 e. The van der Waals surface area contributed by atoms with Gasteiger partial charge in [-0.15, -0.1) is 24.0 Å². The molecular weight excluding hydrogens is 457 g/mol. The highest BCUT2D eigenvalue weighted by Gasteiger charge is 2.58. The molecule has 0 bridgehead atoms. The van der Waals surface area contributed by atoms with Gasteiger partial charge >= 0.3 is 0 Å². The summed E-state index contributed by atoms with van der Waals surface area (Å²) in [6.07, 6.45) is 3.02. The molecule has 3 N–H and O–H groups in total. The molecule has 27 heavy (non-hydrogen) atoms. The van der Waals surface area contributed by atoms with Crippen molar-refractivity contribution in [2.75, 3.05) is 40.3 Å². The molecule has 2 aliphatic rings. The third-order valence-corrected chi connectivity index (χ3v) is 6.48. The SMILES string of the molecule is CCN=C(NC1CCN(CC(=O)NC)CC1)NC1CC(C)(OC)C1(C)C.I. The van der Waals surface area contributed by atoms with E-state index in [4.69, 9.17) is 4.74 Å². The summed E-state index contributed by atoms with van der Waals surface area (Å²) in [6, 6.07) is 0.740. The molecular formula is C19H38IN5O2. The Balaban J connectivity index is 0.00000364. The Morgan fingerprint density at radius 1 is 1.22 bits per heavy atom. The van der Waals surface area contributed by atoms with Gasteiger partial charge in [-0.3, -0.25) is 14.7 Å². The van der Waals surface area contributed by atoms with E-state index < -0.39 is 0 Å². The summed E-state index contributed by atoms with van der Waals surface area (Å²) in [5.74, 6) is 0.980. The summed E-state index contributed by atoms with van der Waals surface area (Å²) >= 11 is 0. The Hall–Kier alpha value is -0.610. The molecule has 1 saturated heterocycles. The molecule has 0 aromatic carbocycles. The van der Waals surface area contributed by atoms with Gasteiger partial charge in [0.15, 0.2) is 5.96 Å². The normalized spacial score (nSPS) is 28.7. The van der Waals surface area contributed by atoms with Crippen LogP contribution < -0.4 is 16.0 Å². The highest BCUT2D eigenvalue weighted by molar-refractivity contribution is 14.0. The van der Waals surface area contributed by atoms with Crippen LogP contribution in [0, 0.1) is 5.41 Å². The van der Waals surface area contributed by atoms with Crippen molar-refractivity contribution in [1.82, 2.24) is 20.9 Å². The summed E-state index contributed by atoms with van der Waals surface area (Å²) in [6.45, 7) is 11.8. The Morgan fingerprint density at radius 2 is 1.85 bits per heavy atom. The molecule has 0 aromatic rings. The van der Waals surface area contributed by atoms with Crippen LogP contribution in [0.25, 0.3) is 0 Å². The number of aliphatic imine (C=N–C) groups is 1. The second kappa shape index (κ2) is 10.2. The molecule has 1 amide bonds. The molecule has 2 unspecified atom stereocenters. The predicted molar refractivity (Wildman–Crippen MR) is 121 cm³/mol. The van der Waals surface area contributed by atoms with Crippen molar-refractivity contribution in [3.8, 4) is 0 Å². The molecule has 1 aliphatic carbocycles. The molecule has 1 heterocycles. The van der Waals surface area contributed by atoms with E-state index in [0.717, 1.165) is 44.9 Å². The van der Waals surface area contributed by atoms with Gasteiger partial charge in [0, 0.05) is 51.3 Å². The van der Waals surface area contributed by atoms with Crippen molar-refractivity contribution in [2.24, 2.45) is 10.4 Å². The van der Waals surface area contributed by atoms with Crippen LogP contribution >= 0.6 is 24.0 Å². The molecule has 1 aliphatic heterocycles. The van der Waals surface area contributed by atoms with Gasteiger partial charge in [-0.05, 0) is 33.1 Å². The summed E-state index contributed by atoms with van der Waals surface area (Å²) in [5, 5.41) is 9.90. The molecule has 8 heteroatoms. The quantitative estimate of drug-likeness (QED) is 0.296. The van der Waals surface area contributed by atoms with E-state index in [1.54, 1.807) is 14.2 Å². The van der Waals surface area contributed by atoms with Crippen LogP contribution in [0.5, 0.6) is 0 Å². The minimum Gasteiger partial charge on any atom is -0.378 e. The smallest absolute Gasteiger partial charge is 0.233 e. The Bertz CT molecular complexity index is 520. The maximum Gasteiger partial charge on any atom is 0.233 e. The molecule has 2 rings (SSSR count). The minimum atomic E-state index is -0.0901. The third-order valence-electron chi connectivity index (χ3n) is 6.48. The van der Waals surface area contributed by atoms with Crippen LogP contribution in [0.2, 0.25) is 0 Å². The number of likely N-dealkylation sites (tertiary alicyclic amines) is 1. The van der Waals surface area contributed by atoms with Gasteiger partial charge in [-0.2, -0.15) is 0 Å². The van der Waals surface area contributed by atoms with Crippen molar-refractivity contribution in [3.63, 3.8) is 0 Å². The van der Waals surface area contributed by atoms with Crippen LogP contribution in [0.4, 0.5) is 0 Å². The van der Waals surface area contributed by atoms with Crippen molar-refractivity contribution in [1.29, 1.82) is 0 Å². The van der Waals surface area contributed by atoms with Gasteiger partial charge < -0.3 is 20.7 Å². The standard InChI is InChI=1S/C19H37N5O2.HI/c1-7-21-17(23-15-12-19(4,26-6)18(15,2)3)22-14-8-10-24(11-9-14)13-16(25)20-5;/h14-15H,7-13H2,1-6H3,(H,20,25)(H2,21,22,23);1H. The molecule has 2 fully saturated rings. The van der Waals surface area contributed by atoms with E-state index in [1.807, 2.05) is 0 Å². The number of piperidine rings is 1. The predicted octanol–water partition coefficient (Wildman–Crippen LogP) is 1.57. The first kappa shape index (κ1) is 24.4. The van der Waals surface area contributed by atoms with Gasteiger partial charge in [0.25, 0.3) is 0 Å². The summed E-state index contributed by atoms with van der Waals surface area (Å²) < 4.78 is 5.72. The number of carbonyl (C=O) groups is 1. The Morgan fingerprint density at radius 3 is 2.33 bits per heavy atom. The average molecular weight is 495 g/mol. The number of methoxy groups -OCH3 is 1. The maximum absolute atomic E-state index is 11.5. The molecule has 0 aromatic heterocycles. The molecule has 2 atom stereocenters. The maximum atomic E-state index is 11.5. The molecule has 158 valence electrons. The second-order valence-electron chi connectivity index (χ2n) is 8.25. The molecule has 7 nitrogen and oxygen atoms in total. The van der Waals surface area contributed by atoms with E-state index in [9.17, 15) is 4.79 Å². The topological polar surface area (TPSA) is 78.0 Å². The number of hydrogen-bond donors (Lipinski definition) is 3. The number of likely N-dealkylation sites (N-methyl/N-ethyl adjacent to an activating group) is 1. The number of halogens is 1. The number of carbonyl (C=O) groups excluding carboxylic acids is 1. The van der Waals surface area contributed by atoms with Crippen LogP contribution in [-0.2, 0) is 9.53 Å². The number of nitrogens with one attached hydrogen (secondary N) is 3. The number of amides is 1. The van der Waals surface area contributed by atoms with Gasteiger partial charge in [-0.25, -0.2) is 0 Å². The van der Waals surface area contributed by atoms with E-state index in [1.165, 1.54) is 0 Å². The summed E-state index contributed by atoms with van der Waals surface area (Å²) in [5.41, 5.74) is -0.0397. The van der Waals surface area contributed by atoms with Crippen LogP contribution in [0.15, 0.2) is 4.99 Å². The van der Waals surface area contributed by atoms with Crippen molar-refractivity contribution < 1.29 is 9.53 Å². The number of guanidine groups is 1. The lowest BCUT2D eigenvalue weighted by atomic mass is 9.56. The number of ether oxygens (including phenoxy) is 1. The zero-order valence-electron chi connectivity index (χ0n) is 17.7. The van der Waals surface area contributed by atoms with E-state index in [-0.39, 0.29) is 40.9 Å². The molecule has 1 saturated carbocycles. The second-order valence-corrected chi connectivity index (χ2v) is 8.25. The highest BCUT2D eigenvalue weighted by atomic mass is 127. The van der Waals surface area contributed by atoms with E-state index in [0.29, 0.717) is 18.6 Å². The van der Waals surface area contributed by atoms with Gasteiger partial charge in [-0.1, -0.05) is 13.8 Å². The molecule has 0 spiro atoms. The monoisotopic (exact) mass is 495 g/mol. The minimum absolute atomic E-state index is 0. The van der Waals surface area contributed by atoms with Gasteiger partial charge in [0.1, 0.15) is 0 Å². The first-order valence-corrected chi connectivity index (χ1v) is 9.81. The Labute approximate surface area is 181 Å². The van der Waals surface area contributed by atoms with Crippen molar-refractivity contribution in [2.45, 2.75) is 64.6 Å². The number of nitrogens with zero attached hydrogens (tertiary/aromatic N) is 2. The fourth-order valence-corrected chi connectivity index (χ4v) is 3.89. The fraction of sp³-hybridized carbons (Fsp3) is 0.895. The summed E-state index contributed by atoms with van der Waals surface area (Å²) in [4.78, 5) is 18.4. The average Bonchev–Trinajstić information content (AvgIpc) is 2.62. The number of hydrogen-bond acceptors (Lipinski definition) is 4. The van der Waals surface area contributed by atoms with Gasteiger partial charge in [0.2, 0.25) is 5.91 Å². The first-order chi connectivity index (χ1) is 12.3. The summed E-state index contributed by atoms with van der Waals surface area (Å²) in [7, 11) is 3.48. The highest BCUT2D eigenvalue weighted by Crippen LogP contribution is 2.51. The third kappa shape index (κ3) is 5.69. The first-order valence-electron chi connectivity index (χ1n) is 9.81. The number of rotatable bonds is 6. The fourth-order valence-electron chi connectivity index (χ4n) is 3.89. The van der Waals surface area contributed by atoms with Crippen LogP contribution in [0.3, 0.4) is 0 Å². The van der Waals surface area contributed by atoms with Crippen molar-refractivity contribution >= 4 is 35.8 Å². The van der Waals surface area contributed by atoms with Crippen molar-refractivity contribution in [3.05, 3.63) is 0 Å². The lowest BCUT2D eigenvalue weighted by molar-refractivity contribution is -0.176. The van der Waals surface area contributed by atoms with E-state index in [2.05, 4.69) is 53.5 Å². The zero-order chi connectivity index (χ0) is 19.4. The lowest BCUT2D eigenvalue weighted by Crippen LogP contribution is -2.70. The zero-order valence-corrected chi connectivity index (χ0v) is 20.1. The molecule has 0 radical (unpaired) electrons. The lowest BCUT2D eigenvalue weighted by Gasteiger charge is -2.59. The van der Waals surface area contributed by atoms with E-state index >= 15 is 0 Å².